The Bertz CT molecular complexity index is 685. The molecule has 7 heteroatoms. The van der Waals surface area contributed by atoms with Crippen molar-refractivity contribution in [2.24, 2.45) is 5.92 Å². The molecule has 0 spiro atoms. The predicted octanol–water partition coefficient (Wildman–Crippen LogP) is 4.23. The number of hydrogen-bond acceptors (Lipinski definition) is 4. The van der Waals surface area contributed by atoms with Crippen molar-refractivity contribution in [2.45, 2.75) is 20.8 Å². The zero-order chi connectivity index (χ0) is 16.4. The predicted molar refractivity (Wildman–Crippen MR) is 102 cm³/mol. The van der Waals surface area contributed by atoms with E-state index in [2.05, 4.69) is 9.88 Å². The second kappa shape index (κ2) is 8.29. The molecule has 1 amide bonds. The summed E-state index contributed by atoms with van der Waals surface area (Å²) < 4.78 is 1.02. The van der Waals surface area contributed by atoms with E-state index in [1.54, 1.807) is 4.90 Å². The Morgan fingerprint density at radius 2 is 1.96 bits per heavy atom. The maximum Gasteiger partial charge on any atom is 0.231 e. The minimum atomic E-state index is -0.0566. The highest BCUT2D eigenvalue weighted by Crippen LogP contribution is 2.33. The molecule has 0 N–H and O–H groups in total. The quantitative estimate of drug-likeness (QED) is 0.784. The summed E-state index contributed by atoms with van der Waals surface area (Å²) >= 11 is 7.64. The highest BCUT2D eigenvalue weighted by molar-refractivity contribution is 7.22. The lowest BCUT2D eigenvalue weighted by atomic mass is 10.2. The van der Waals surface area contributed by atoms with Crippen molar-refractivity contribution in [3.8, 4) is 0 Å². The molecule has 4 nitrogen and oxygen atoms in total. The summed E-state index contributed by atoms with van der Waals surface area (Å²) in [5.74, 6) is 0.0449. The average molecular weight is 376 g/mol. The van der Waals surface area contributed by atoms with Crippen LogP contribution in [0.4, 0.5) is 5.13 Å². The topological polar surface area (TPSA) is 36.4 Å². The number of thiazole rings is 1. The number of fused-ring (bicyclic) bond motifs is 1. The minimum Gasteiger partial charge on any atom is -0.308 e. The third kappa shape index (κ3) is 4.80. The van der Waals surface area contributed by atoms with Gasteiger partial charge in [-0.25, -0.2) is 4.98 Å². The normalized spacial score (nSPS) is 11.1. The van der Waals surface area contributed by atoms with Crippen LogP contribution < -0.4 is 4.90 Å². The molecule has 0 aliphatic carbocycles. The molecule has 0 saturated heterocycles. The summed E-state index contributed by atoms with van der Waals surface area (Å²) in [6.45, 7) is 7.26. The molecule has 0 bridgehead atoms. The SMILES string of the molecule is Cc1cc(Cl)cc2sc(N(CCN(C)C)C(=O)C(C)C)nc12.Cl. The van der Waals surface area contributed by atoms with Gasteiger partial charge >= 0.3 is 0 Å². The lowest BCUT2D eigenvalue weighted by Crippen LogP contribution is -2.39. The van der Waals surface area contributed by atoms with E-state index >= 15 is 0 Å². The minimum absolute atomic E-state index is 0. The number of benzene rings is 1. The van der Waals surface area contributed by atoms with Crippen LogP contribution in [0.25, 0.3) is 10.2 Å². The zero-order valence-corrected chi connectivity index (χ0v) is 16.5. The van der Waals surface area contributed by atoms with Crippen molar-refractivity contribution >= 4 is 56.6 Å². The first-order valence-corrected chi connectivity index (χ1v) is 8.52. The first-order valence-electron chi connectivity index (χ1n) is 7.32. The van der Waals surface area contributed by atoms with E-state index in [0.717, 1.165) is 27.5 Å². The molecule has 0 aliphatic rings. The van der Waals surface area contributed by atoms with Gasteiger partial charge in [-0.1, -0.05) is 36.8 Å². The molecule has 0 atom stereocenters. The van der Waals surface area contributed by atoms with Gasteiger partial charge in [0.25, 0.3) is 0 Å². The fourth-order valence-electron chi connectivity index (χ4n) is 2.17. The Kier molecular flexibility index (Phi) is 7.27. The second-order valence-electron chi connectivity index (χ2n) is 6.01. The molecule has 0 saturated carbocycles. The summed E-state index contributed by atoms with van der Waals surface area (Å²) in [5.41, 5.74) is 1.96. The largest absolute Gasteiger partial charge is 0.308 e. The number of carbonyl (C=O) groups is 1. The summed E-state index contributed by atoms with van der Waals surface area (Å²) in [4.78, 5) is 21.1. The fraction of sp³-hybridized carbons (Fsp3) is 0.500. The molecule has 1 heterocycles. The first kappa shape index (κ1) is 20.2. The average Bonchev–Trinajstić information content (AvgIpc) is 2.82. The molecule has 0 aliphatic heterocycles. The summed E-state index contributed by atoms with van der Waals surface area (Å²) in [7, 11) is 4.00. The monoisotopic (exact) mass is 375 g/mol. The third-order valence-electron chi connectivity index (χ3n) is 3.40. The maximum atomic E-state index is 12.5. The molecule has 0 fully saturated rings. The second-order valence-corrected chi connectivity index (χ2v) is 7.46. The summed E-state index contributed by atoms with van der Waals surface area (Å²) in [6, 6.07) is 3.82. The molecule has 23 heavy (non-hydrogen) atoms. The van der Waals surface area contributed by atoms with Gasteiger partial charge in [0.1, 0.15) is 0 Å². The van der Waals surface area contributed by atoms with Crippen molar-refractivity contribution in [1.29, 1.82) is 0 Å². The highest BCUT2D eigenvalue weighted by Gasteiger charge is 2.22. The number of carbonyl (C=O) groups excluding carboxylic acids is 1. The van der Waals surface area contributed by atoms with E-state index in [0.29, 0.717) is 11.6 Å². The number of amides is 1. The number of hydrogen-bond donors (Lipinski definition) is 0. The van der Waals surface area contributed by atoms with Gasteiger partial charge < -0.3 is 4.90 Å². The third-order valence-corrected chi connectivity index (χ3v) is 4.64. The van der Waals surface area contributed by atoms with E-state index < -0.39 is 0 Å². The van der Waals surface area contributed by atoms with Crippen LogP contribution in [0.3, 0.4) is 0 Å². The van der Waals surface area contributed by atoms with Crippen molar-refractivity contribution < 1.29 is 4.79 Å². The van der Waals surface area contributed by atoms with Gasteiger partial charge in [-0.2, -0.15) is 0 Å². The van der Waals surface area contributed by atoms with Crippen LogP contribution in [0.2, 0.25) is 5.02 Å². The van der Waals surface area contributed by atoms with Crippen LogP contribution in [0.15, 0.2) is 12.1 Å². The number of aryl methyl sites for hydroxylation is 1. The Hall–Kier alpha value is -0.880. The van der Waals surface area contributed by atoms with Gasteiger partial charge in [0.05, 0.1) is 10.2 Å². The van der Waals surface area contributed by atoms with E-state index in [4.69, 9.17) is 11.6 Å². The van der Waals surface area contributed by atoms with Crippen LogP contribution in [-0.4, -0.2) is 43.0 Å². The van der Waals surface area contributed by atoms with Crippen molar-refractivity contribution in [2.75, 3.05) is 32.1 Å². The Labute approximate surface area is 152 Å². The first-order chi connectivity index (χ1) is 10.3. The standard InChI is InChI=1S/C16H22ClN3OS.ClH/c1-10(2)15(21)20(7-6-19(4)5)16-18-14-11(3)8-12(17)9-13(14)22-16;/h8-10H,6-7H2,1-5H3;1H. The Morgan fingerprint density at radius 3 is 2.52 bits per heavy atom. The molecule has 2 rings (SSSR count). The lowest BCUT2D eigenvalue weighted by molar-refractivity contribution is -0.121. The molecule has 1 aromatic carbocycles. The van der Waals surface area contributed by atoms with Crippen molar-refractivity contribution in [3.63, 3.8) is 0 Å². The van der Waals surface area contributed by atoms with E-state index in [-0.39, 0.29) is 24.2 Å². The Balaban J connectivity index is 0.00000264. The van der Waals surface area contributed by atoms with Gasteiger partial charge in [-0.15, -0.1) is 12.4 Å². The van der Waals surface area contributed by atoms with Gasteiger partial charge in [-0.05, 0) is 38.7 Å². The van der Waals surface area contributed by atoms with Crippen molar-refractivity contribution in [3.05, 3.63) is 22.7 Å². The number of anilines is 1. The molecule has 0 radical (unpaired) electrons. The summed E-state index contributed by atoms with van der Waals surface area (Å²) in [5, 5.41) is 1.45. The smallest absolute Gasteiger partial charge is 0.231 e. The van der Waals surface area contributed by atoms with Crippen LogP contribution in [0.1, 0.15) is 19.4 Å². The molecular formula is C16H23Cl2N3OS. The van der Waals surface area contributed by atoms with Gasteiger partial charge in [-0.3, -0.25) is 9.69 Å². The lowest BCUT2D eigenvalue weighted by Gasteiger charge is -2.23. The summed E-state index contributed by atoms with van der Waals surface area (Å²) in [6.07, 6.45) is 0. The molecule has 0 unspecified atom stereocenters. The number of aromatic nitrogens is 1. The van der Waals surface area contributed by atoms with E-state index in [9.17, 15) is 4.79 Å². The highest BCUT2D eigenvalue weighted by atomic mass is 35.5. The number of likely N-dealkylation sites (N-methyl/N-ethyl adjacent to an activating group) is 1. The van der Waals surface area contributed by atoms with Crippen molar-refractivity contribution in [1.82, 2.24) is 9.88 Å². The van der Waals surface area contributed by atoms with Gasteiger partial charge in [0, 0.05) is 24.0 Å². The van der Waals surface area contributed by atoms with E-state index in [1.165, 1.54) is 11.3 Å². The van der Waals surface area contributed by atoms with Crippen LogP contribution in [0, 0.1) is 12.8 Å². The van der Waals surface area contributed by atoms with Crippen LogP contribution in [-0.2, 0) is 4.79 Å². The number of rotatable bonds is 5. The number of halogens is 2. The van der Waals surface area contributed by atoms with E-state index in [1.807, 2.05) is 47.0 Å². The van der Waals surface area contributed by atoms with Gasteiger partial charge in [0.15, 0.2) is 5.13 Å². The molecule has 128 valence electrons. The number of nitrogens with zero attached hydrogens (tertiary/aromatic N) is 3. The van der Waals surface area contributed by atoms with Crippen LogP contribution in [0.5, 0.6) is 0 Å². The maximum absolute atomic E-state index is 12.5. The molecule has 2 aromatic rings. The van der Waals surface area contributed by atoms with Crippen LogP contribution >= 0.6 is 35.3 Å². The fourth-order valence-corrected chi connectivity index (χ4v) is 3.62. The zero-order valence-electron chi connectivity index (χ0n) is 14.1. The molecule has 1 aromatic heterocycles. The van der Waals surface area contributed by atoms with Gasteiger partial charge in [0.2, 0.25) is 5.91 Å². The molecular weight excluding hydrogens is 353 g/mol. The Morgan fingerprint density at radius 1 is 1.30 bits per heavy atom.